The van der Waals surface area contributed by atoms with Gasteiger partial charge in [0.2, 0.25) is 5.91 Å². The van der Waals surface area contributed by atoms with Crippen molar-refractivity contribution < 1.29 is 9.18 Å². The molecule has 90 valence electrons. The topological polar surface area (TPSA) is 55.1 Å². The molecule has 1 amide bonds. The van der Waals surface area contributed by atoms with Crippen molar-refractivity contribution in [1.29, 1.82) is 0 Å². The van der Waals surface area contributed by atoms with Crippen LogP contribution in [0.25, 0.3) is 5.57 Å². The number of nitrogens with two attached hydrogens (primary N) is 1. The zero-order valence-electron chi connectivity index (χ0n) is 9.45. The summed E-state index contributed by atoms with van der Waals surface area (Å²) >= 11 is 0. The molecule has 1 aliphatic carbocycles. The van der Waals surface area contributed by atoms with Gasteiger partial charge in [-0.25, -0.2) is 10.2 Å². The van der Waals surface area contributed by atoms with Gasteiger partial charge in [-0.2, -0.15) is 0 Å². The Bertz CT molecular complexity index is 439. The summed E-state index contributed by atoms with van der Waals surface area (Å²) in [6.07, 6.45) is 4.34. The molecule has 0 spiro atoms. The quantitative estimate of drug-likeness (QED) is 0.467. The van der Waals surface area contributed by atoms with Crippen LogP contribution in [0, 0.1) is 11.7 Å². The summed E-state index contributed by atoms with van der Waals surface area (Å²) in [7, 11) is 0. The van der Waals surface area contributed by atoms with Crippen LogP contribution in [0.15, 0.2) is 30.3 Å². The summed E-state index contributed by atoms with van der Waals surface area (Å²) in [5.74, 6) is 4.72. The summed E-state index contributed by atoms with van der Waals surface area (Å²) < 4.78 is 12.8. The van der Waals surface area contributed by atoms with E-state index in [9.17, 15) is 9.18 Å². The van der Waals surface area contributed by atoms with Gasteiger partial charge in [0.25, 0.3) is 0 Å². The number of nitrogens with one attached hydrogen (secondary N) is 1. The number of carbonyl (C=O) groups excluding carboxylic acids is 1. The van der Waals surface area contributed by atoms with Crippen LogP contribution < -0.4 is 11.3 Å². The first kappa shape index (κ1) is 11.8. The number of hydrazine groups is 1. The highest BCUT2D eigenvalue weighted by atomic mass is 19.1. The highest BCUT2D eigenvalue weighted by molar-refractivity contribution is 5.80. The lowest BCUT2D eigenvalue weighted by molar-refractivity contribution is -0.125. The Morgan fingerprint density at radius 3 is 2.59 bits per heavy atom. The average molecular weight is 234 g/mol. The molecule has 2 rings (SSSR count). The van der Waals surface area contributed by atoms with Crippen LogP contribution in [0.4, 0.5) is 4.39 Å². The molecule has 0 aliphatic heterocycles. The first-order valence-electron chi connectivity index (χ1n) is 5.66. The van der Waals surface area contributed by atoms with Gasteiger partial charge in [-0.05, 0) is 42.5 Å². The molecule has 4 heteroatoms. The van der Waals surface area contributed by atoms with Crippen molar-refractivity contribution >= 4 is 11.5 Å². The molecule has 0 saturated carbocycles. The number of rotatable bonds is 2. The summed E-state index contributed by atoms with van der Waals surface area (Å²) in [4.78, 5) is 11.3. The van der Waals surface area contributed by atoms with Crippen LogP contribution in [0.2, 0.25) is 0 Å². The van der Waals surface area contributed by atoms with Crippen LogP contribution in [0.3, 0.4) is 0 Å². The molecule has 3 nitrogen and oxygen atoms in total. The summed E-state index contributed by atoms with van der Waals surface area (Å²) in [6.45, 7) is 0. The molecule has 0 bridgehead atoms. The maximum atomic E-state index is 12.8. The lowest BCUT2D eigenvalue weighted by Crippen LogP contribution is -2.36. The fourth-order valence-corrected chi connectivity index (χ4v) is 2.12. The second-order valence-electron chi connectivity index (χ2n) is 4.22. The van der Waals surface area contributed by atoms with Gasteiger partial charge in [-0.15, -0.1) is 0 Å². The van der Waals surface area contributed by atoms with E-state index in [1.54, 1.807) is 12.1 Å². The van der Waals surface area contributed by atoms with Crippen molar-refractivity contribution in [1.82, 2.24) is 5.43 Å². The van der Waals surface area contributed by atoms with E-state index >= 15 is 0 Å². The van der Waals surface area contributed by atoms with E-state index in [0.29, 0.717) is 6.42 Å². The number of carbonyl (C=O) groups is 1. The molecule has 0 fully saturated rings. The standard InChI is InChI=1S/C13H15FN2O/c14-12-7-5-10(6-8-12)9-1-3-11(4-2-9)13(17)16-15/h1,5-8,11H,2-4,15H2,(H,16,17). The van der Waals surface area contributed by atoms with Crippen LogP contribution in [0.5, 0.6) is 0 Å². The van der Waals surface area contributed by atoms with E-state index < -0.39 is 0 Å². The minimum Gasteiger partial charge on any atom is -0.294 e. The maximum Gasteiger partial charge on any atom is 0.237 e. The van der Waals surface area contributed by atoms with Gasteiger partial charge < -0.3 is 0 Å². The maximum absolute atomic E-state index is 12.8. The van der Waals surface area contributed by atoms with E-state index in [-0.39, 0.29) is 17.6 Å². The van der Waals surface area contributed by atoms with Gasteiger partial charge in [0.15, 0.2) is 0 Å². The zero-order chi connectivity index (χ0) is 12.3. The van der Waals surface area contributed by atoms with E-state index in [1.807, 2.05) is 6.08 Å². The first-order valence-corrected chi connectivity index (χ1v) is 5.66. The molecule has 17 heavy (non-hydrogen) atoms. The van der Waals surface area contributed by atoms with Crippen molar-refractivity contribution in [3.05, 3.63) is 41.7 Å². The number of hydrogen-bond donors (Lipinski definition) is 2. The average Bonchev–Trinajstić information content (AvgIpc) is 2.39. The van der Waals surface area contributed by atoms with Crippen LogP contribution in [-0.2, 0) is 4.79 Å². The second kappa shape index (κ2) is 5.10. The normalized spacial score (nSPS) is 19.6. The van der Waals surface area contributed by atoms with Gasteiger partial charge >= 0.3 is 0 Å². The lowest BCUT2D eigenvalue weighted by Gasteiger charge is -2.20. The van der Waals surface area contributed by atoms with Gasteiger partial charge in [-0.3, -0.25) is 10.2 Å². The number of benzene rings is 1. The van der Waals surface area contributed by atoms with Crippen molar-refractivity contribution in [3.63, 3.8) is 0 Å². The van der Waals surface area contributed by atoms with E-state index in [4.69, 9.17) is 5.84 Å². The highest BCUT2D eigenvalue weighted by Crippen LogP contribution is 2.30. The van der Waals surface area contributed by atoms with Crippen LogP contribution in [0.1, 0.15) is 24.8 Å². The fraction of sp³-hybridized carbons (Fsp3) is 0.308. The van der Waals surface area contributed by atoms with E-state index in [2.05, 4.69) is 5.43 Å². The smallest absolute Gasteiger partial charge is 0.237 e. The predicted molar refractivity (Wildman–Crippen MR) is 64.0 cm³/mol. The molecule has 1 aliphatic rings. The SMILES string of the molecule is NNC(=O)C1CC=C(c2ccc(F)cc2)CC1. The Balaban J connectivity index is 2.08. The molecule has 3 N–H and O–H groups in total. The largest absolute Gasteiger partial charge is 0.294 e. The monoisotopic (exact) mass is 234 g/mol. The first-order chi connectivity index (χ1) is 8.20. The molecule has 0 heterocycles. The fourth-order valence-electron chi connectivity index (χ4n) is 2.12. The van der Waals surface area contributed by atoms with E-state index in [1.165, 1.54) is 17.7 Å². The third-order valence-corrected chi connectivity index (χ3v) is 3.14. The predicted octanol–water partition coefficient (Wildman–Crippen LogP) is 2.00. The van der Waals surface area contributed by atoms with Gasteiger partial charge in [0.05, 0.1) is 0 Å². The number of hydrogen-bond acceptors (Lipinski definition) is 2. The summed E-state index contributed by atoms with van der Waals surface area (Å²) in [6, 6.07) is 6.44. The Morgan fingerprint density at radius 1 is 1.35 bits per heavy atom. The van der Waals surface area contributed by atoms with E-state index in [0.717, 1.165) is 18.4 Å². The Labute approximate surface area is 99.5 Å². The highest BCUT2D eigenvalue weighted by Gasteiger charge is 2.21. The molecule has 1 aromatic carbocycles. The molecule has 0 aromatic heterocycles. The van der Waals surface area contributed by atoms with Gasteiger partial charge in [0.1, 0.15) is 5.82 Å². The summed E-state index contributed by atoms with van der Waals surface area (Å²) in [5, 5.41) is 0. The Morgan fingerprint density at radius 2 is 2.06 bits per heavy atom. The Kier molecular flexibility index (Phi) is 3.54. The van der Waals surface area contributed by atoms with Crippen LogP contribution in [-0.4, -0.2) is 5.91 Å². The summed E-state index contributed by atoms with van der Waals surface area (Å²) in [5.41, 5.74) is 4.38. The van der Waals surface area contributed by atoms with Crippen molar-refractivity contribution in [3.8, 4) is 0 Å². The zero-order valence-corrected chi connectivity index (χ0v) is 9.45. The molecule has 0 radical (unpaired) electrons. The van der Waals surface area contributed by atoms with Gasteiger partial charge in [-0.1, -0.05) is 18.2 Å². The minimum atomic E-state index is -0.231. The molecule has 1 atom stereocenters. The van der Waals surface area contributed by atoms with Crippen molar-refractivity contribution in [2.45, 2.75) is 19.3 Å². The molecule has 0 saturated heterocycles. The Hall–Kier alpha value is -1.68. The van der Waals surface area contributed by atoms with Crippen LogP contribution >= 0.6 is 0 Å². The number of halogens is 1. The van der Waals surface area contributed by atoms with Crippen molar-refractivity contribution in [2.24, 2.45) is 11.8 Å². The molecular weight excluding hydrogens is 219 g/mol. The molecule has 1 aromatic rings. The van der Waals surface area contributed by atoms with Crippen molar-refractivity contribution in [2.75, 3.05) is 0 Å². The third kappa shape index (κ3) is 2.71. The lowest BCUT2D eigenvalue weighted by atomic mass is 9.86. The number of amides is 1. The number of allylic oxidation sites excluding steroid dienone is 2. The minimum absolute atomic E-state index is 0.0378. The molecule has 1 unspecified atom stereocenters. The molecular formula is C13H15FN2O. The third-order valence-electron chi connectivity index (χ3n) is 3.14. The van der Waals surface area contributed by atoms with Gasteiger partial charge in [0, 0.05) is 5.92 Å². The second-order valence-corrected chi connectivity index (χ2v) is 4.22.